The third-order valence-electron chi connectivity index (χ3n) is 3.32. The number of aliphatic carboxylic acids is 1. The normalized spacial score (nSPS) is 28.9. The van der Waals surface area contributed by atoms with Crippen molar-refractivity contribution in [2.45, 2.75) is 64.7 Å². The van der Waals surface area contributed by atoms with E-state index in [-0.39, 0.29) is 17.9 Å². The first-order valence-corrected chi connectivity index (χ1v) is 6.64. The van der Waals surface area contributed by atoms with Crippen LogP contribution in [-0.4, -0.2) is 35.2 Å². The lowest BCUT2D eigenvalue weighted by atomic mass is 10.0. The van der Waals surface area contributed by atoms with Gasteiger partial charge in [0.1, 0.15) is 12.1 Å². The Morgan fingerprint density at radius 2 is 2.11 bits per heavy atom. The summed E-state index contributed by atoms with van der Waals surface area (Å²) in [5.74, 6) is -1.13. The second kappa shape index (κ2) is 6.73. The molecule has 5 heteroatoms. The van der Waals surface area contributed by atoms with Crippen LogP contribution in [0.2, 0.25) is 0 Å². The van der Waals surface area contributed by atoms with E-state index in [0.29, 0.717) is 6.42 Å². The van der Waals surface area contributed by atoms with Crippen molar-refractivity contribution in [1.82, 2.24) is 5.32 Å². The molecular formula is C13H23NO4. The minimum atomic E-state index is -0.976. The average molecular weight is 257 g/mol. The van der Waals surface area contributed by atoms with Gasteiger partial charge in [-0.05, 0) is 25.7 Å². The van der Waals surface area contributed by atoms with Gasteiger partial charge in [-0.3, -0.25) is 4.79 Å². The quantitative estimate of drug-likeness (QED) is 0.757. The Labute approximate surface area is 108 Å². The van der Waals surface area contributed by atoms with Gasteiger partial charge in [0.2, 0.25) is 5.91 Å². The van der Waals surface area contributed by atoms with E-state index >= 15 is 0 Å². The molecule has 104 valence electrons. The van der Waals surface area contributed by atoms with Crippen molar-refractivity contribution in [3.63, 3.8) is 0 Å². The summed E-state index contributed by atoms with van der Waals surface area (Å²) in [5, 5.41) is 11.6. The molecule has 0 saturated carbocycles. The number of hydrogen-bond acceptors (Lipinski definition) is 3. The molecule has 1 aliphatic rings. The number of nitrogens with one attached hydrogen (secondary N) is 1. The largest absolute Gasteiger partial charge is 0.480 e. The second-order valence-electron chi connectivity index (χ2n) is 5.12. The molecule has 0 radical (unpaired) electrons. The summed E-state index contributed by atoms with van der Waals surface area (Å²) in [4.78, 5) is 23.0. The summed E-state index contributed by atoms with van der Waals surface area (Å²) in [6.07, 6.45) is 2.55. The van der Waals surface area contributed by atoms with Crippen LogP contribution in [0.1, 0.15) is 46.5 Å². The lowest BCUT2D eigenvalue weighted by Gasteiger charge is -2.19. The first-order valence-electron chi connectivity index (χ1n) is 6.64. The van der Waals surface area contributed by atoms with E-state index in [2.05, 4.69) is 5.32 Å². The van der Waals surface area contributed by atoms with Crippen LogP contribution in [0.15, 0.2) is 0 Å². The molecule has 4 atom stereocenters. The molecule has 1 amide bonds. The van der Waals surface area contributed by atoms with Crippen LogP contribution >= 0.6 is 0 Å². The van der Waals surface area contributed by atoms with Crippen LogP contribution in [0, 0.1) is 5.92 Å². The molecule has 0 aromatic carbocycles. The van der Waals surface area contributed by atoms with Crippen LogP contribution in [0.5, 0.6) is 0 Å². The number of amides is 1. The Kier molecular flexibility index (Phi) is 5.59. The monoisotopic (exact) mass is 257 g/mol. The summed E-state index contributed by atoms with van der Waals surface area (Å²) in [7, 11) is 0. The van der Waals surface area contributed by atoms with Gasteiger partial charge in [0.05, 0.1) is 6.10 Å². The Bertz CT molecular complexity index is 305. The number of hydrogen-bond donors (Lipinski definition) is 2. The SMILES string of the molecule is CCCC[C@H](NC(=O)C1OC(C)CC1C)C(=O)O. The van der Waals surface area contributed by atoms with Gasteiger partial charge in [-0.15, -0.1) is 0 Å². The minimum absolute atomic E-state index is 0.0645. The van der Waals surface area contributed by atoms with Crippen LogP contribution in [0.3, 0.4) is 0 Å². The van der Waals surface area contributed by atoms with Gasteiger partial charge in [-0.1, -0.05) is 26.7 Å². The van der Waals surface area contributed by atoms with E-state index in [0.717, 1.165) is 19.3 Å². The highest BCUT2D eigenvalue weighted by Gasteiger charge is 2.36. The predicted octanol–water partition coefficient (Wildman–Crippen LogP) is 1.56. The topological polar surface area (TPSA) is 75.6 Å². The van der Waals surface area contributed by atoms with Crippen molar-refractivity contribution in [1.29, 1.82) is 0 Å². The zero-order valence-electron chi connectivity index (χ0n) is 11.3. The Balaban J connectivity index is 2.53. The van der Waals surface area contributed by atoms with E-state index in [4.69, 9.17) is 9.84 Å². The van der Waals surface area contributed by atoms with Gasteiger partial charge < -0.3 is 15.2 Å². The first-order chi connectivity index (χ1) is 8.45. The lowest BCUT2D eigenvalue weighted by Crippen LogP contribution is -2.46. The molecule has 1 aliphatic heterocycles. The molecule has 5 nitrogen and oxygen atoms in total. The van der Waals surface area contributed by atoms with E-state index in [1.165, 1.54) is 0 Å². The lowest BCUT2D eigenvalue weighted by molar-refractivity contribution is -0.144. The highest BCUT2D eigenvalue weighted by atomic mass is 16.5. The average Bonchev–Trinajstić information content (AvgIpc) is 2.63. The molecule has 1 fully saturated rings. The molecular weight excluding hydrogens is 234 g/mol. The molecule has 1 rings (SSSR count). The van der Waals surface area contributed by atoms with Gasteiger partial charge in [-0.2, -0.15) is 0 Å². The molecule has 1 heterocycles. The Morgan fingerprint density at radius 1 is 1.44 bits per heavy atom. The summed E-state index contributed by atoms with van der Waals surface area (Å²) in [6, 6.07) is -0.802. The van der Waals surface area contributed by atoms with Crippen molar-refractivity contribution in [3.05, 3.63) is 0 Å². The smallest absolute Gasteiger partial charge is 0.326 e. The maximum Gasteiger partial charge on any atom is 0.326 e. The number of ether oxygens (including phenoxy) is 1. The molecule has 0 spiro atoms. The third-order valence-corrected chi connectivity index (χ3v) is 3.32. The van der Waals surface area contributed by atoms with Crippen molar-refractivity contribution < 1.29 is 19.4 Å². The Hall–Kier alpha value is -1.10. The van der Waals surface area contributed by atoms with Crippen molar-refractivity contribution in [2.75, 3.05) is 0 Å². The van der Waals surface area contributed by atoms with Crippen molar-refractivity contribution >= 4 is 11.9 Å². The third kappa shape index (κ3) is 3.98. The molecule has 1 saturated heterocycles. The van der Waals surface area contributed by atoms with Crippen molar-refractivity contribution in [3.8, 4) is 0 Å². The molecule has 3 unspecified atom stereocenters. The van der Waals surface area contributed by atoms with Gasteiger partial charge in [0.25, 0.3) is 0 Å². The van der Waals surface area contributed by atoms with Crippen molar-refractivity contribution in [2.24, 2.45) is 5.92 Å². The van der Waals surface area contributed by atoms with Gasteiger partial charge in [0.15, 0.2) is 0 Å². The van der Waals surface area contributed by atoms with Crippen LogP contribution in [0.4, 0.5) is 0 Å². The number of carboxylic acids is 1. The standard InChI is InChI=1S/C13H23NO4/c1-4-5-6-10(13(16)17)14-12(15)11-8(2)7-9(3)18-11/h8-11H,4-7H2,1-3H3,(H,14,15)(H,16,17)/t8?,9?,10-,11?/m0/s1. The molecule has 18 heavy (non-hydrogen) atoms. The van der Waals surface area contributed by atoms with E-state index in [1.807, 2.05) is 20.8 Å². The number of carboxylic acid groups (broad SMARTS) is 1. The number of unbranched alkanes of at least 4 members (excludes halogenated alkanes) is 1. The molecule has 0 aromatic rings. The van der Waals surface area contributed by atoms with Crippen LogP contribution in [0.25, 0.3) is 0 Å². The summed E-state index contributed by atoms with van der Waals surface area (Å²) >= 11 is 0. The van der Waals surface area contributed by atoms with Crippen LogP contribution in [-0.2, 0) is 14.3 Å². The highest BCUT2D eigenvalue weighted by molar-refractivity contribution is 5.86. The van der Waals surface area contributed by atoms with Gasteiger partial charge >= 0.3 is 5.97 Å². The summed E-state index contributed by atoms with van der Waals surface area (Å²) in [6.45, 7) is 5.87. The van der Waals surface area contributed by atoms with Gasteiger partial charge in [0, 0.05) is 0 Å². The maximum absolute atomic E-state index is 12.0. The first kappa shape index (κ1) is 15.0. The van der Waals surface area contributed by atoms with Gasteiger partial charge in [-0.25, -0.2) is 4.79 Å². The molecule has 0 aliphatic carbocycles. The Morgan fingerprint density at radius 3 is 2.56 bits per heavy atom. The van der Waals surface area contributed by atoms with E-state index < -0.39 is 18.1 Å². The number of carbonyl (C=O) groups is 2. The number of rotatable bonds is 6. The second-order valence-corrected chi connectivity index (χ2v) is 5.12. The predicted molar refractivity (Wildman–Crippen MR) is 67.2 cm³/mol. The fourth-order valence-electron chi connectivity index (χ4n) is 2.33. The zero-order chi connectivity index (χ0) is 13.7. The minimum Gasteiger partial charge on any atom is -0.480 e. The summed E-state index contributed by atoms with van der Waals surface area (Å²) in [5.41, 5.74) is 0. The van der Waals surface area contributed by atoms with E-state index in [1.54, 1.807) is 0 Å². The fourth-order valence-corrected chi connectivity index (χ4v) is 2.33. The fraction of sp³-hybridized carbons (Fsp3) is 0.846. The molecule has 0 bridgehead atoms. The van der Waals surface area contributed by atoms with Crippen LogP contribution < -0.4 is 5.32 Å². The highest BCUT2D eigenvalue weighted by Crippen LogP contribution is 2.25. The molecule has 0 aromatic heterocycles. The molecule has 2 N–H and O–H groups in total. The maximum atomic E-state index is 12.0. The van der Waals surface area contributed by atoms with E-state index in [9.17, 15) is 9.59 Å². The zero-order valence-corrected chi connectivity index (χ0v) is 11.3. The number of carbonyl (C=O) groups excluding carboxylic acids is 1. The summed E-state index contributed by atoms with van der Waals surface area (Å²) < 4.78 is 5.52.